The number of aryl methyl sites for hydroxylation is 2. The predicted octanol–water partition coefficient (Wildman–Crippen LogP) is 2.29. The van der Waals surface area contributed by atoms with E-state index in [0.717, 1.165) is 0 Å². The summed E-state index contributed by atoms with van der Waals surface area (Å²) >= 11 is 0. The summed E-state index contributed by atoms with van der Waals surface area (Å²) in [7, 11) is 0. The highest BCUT2D eigenvalue weighted by Gasteiger charge is 2.16. The fourth-order valence-electron chi connectivity index (χ4n) is 2.30. The second-order valence-corrected chi connectivity index (χ2v) is 4.83. The molecule has 0 amide bonds. The largest absolute Gasteiger partial charge is 0.421 e. The number of hydrogen-bond donors (Lipinski definition) is 0. The molecule has 0 N–H and O–H groups in total. The predicted molar refractivity (Wildman–Crippen MR) is 79.5 cm³/mol. The maximum Gasteiger partial charge on any atom is 0.308 e. The lowest BCUT2D eigenvalue weighted by Crippen LogP contribution is -2.22. The summed E-state index contributed by atoms with van der Waals surface area (Å²) in [6.45, 7) is 4.57. The highest BCUT2D eigenvalue weighted by Crippen LogP contribution is 2.24. The number of aromatic nitrogens is 1. The first-order valence-corrected chi connectivity index (χ1v) is 6.47. The number of esters is 1. The van der Waals surface area contributed by atoms with Crippen LogP contribution in [0.15, 0.2) is 35.3 Å². The minimum Gasteiger partial charge on any atom is -0.421 e. The van der Waals surface area contributed by atoms with Crippen LogP contribution in [0.25, 0.3) is 5.69 Å². The number of nitrogens with zero attached hydrogens (tertiary/aromatic N) is 2. The molecule has 0 fully saturated rings. The summed E-state index contributed by atoms with van der Waals surface area (Å²) in [6.07, 6.45) is 1.52. The van der Waals surface area contributed by atoms with E-state index in [1.165, 1.54) is 35.9 Å². The van der Waals surface area contributed by atoms with Gasteiger partial charge in [0.05, 0.1) is 10.6 Å². The van der Waals surface area contributed by atoms with Gasteiger partial charge in [-0.1, -0.05) is 0 Å². The van der Waals surface area contributed by atoms with Crippen molar-refractivity contribution < 1.29 is 14.5 Å². The number of rotatable bonds is 3. The van der Waals surface area contributed by atoms with Crippen LogP contribution in [0.2, 0.25) is 0 Å². The van der Waals surface area contributed by atoms with Crippen LogP contribution in [0.1, 0.15) is 18.1 Å². The van der Waals surface area contributed by atoms with Gasteiger partial charge in [0, 0.05) is 25.3 Å². The van der Waals surface area contributed by atoms with Crippen LogP contribution in [0, 0.1) is 24.0 Å². The molecule has 2 aromatic rings. The van der Waals surface area contributed by atoms with Crippen LogP contribution in [0.3, 0.4) is 0 Å². The van der Waals surface area contributed by atoms with Gasteiger partial charge in [-0.25, -0.2) is 0 Å². The molecule has 7 heteroatoms. The van der Waals surface area contributed by atoms with Gasteiger partial charge in [0.1, 0.15) is 0 Å². The molecule has 0 saturated heterocycles. The number of non-ortho nitro benzene ring substituents is 1. The quantitative estimate of drug-likeness (QED) is 0.493. The standard InChI is InChI=1S/C15H14N2O5/c1-9-7-12(17(20)21)8-10(2)14(9)16-6-4-5-13(15(16)19)22-11(3)18/h4-8H,1-3H3. The van der Waals surface area contributed by atoms with Gasteiger partial charge < -0.3 is 4.74 Å². The number of carbonyl (C=O) groups is 1. The Bertz CT molecular complexity index is 800. The van der Waals surface area contributed by atoms with Gasteiger partial charge in [-0.15, -0.1) is 0 Å². The van der Waals surface area contributed by atoms with E-state index < -0.39 is 16.5 Å². The van der Waals surface area contributed by atoms with E-state index in [-0.39, 0.29) is 11.4 Å². The maximum absolute atomic E-state index is 12.4. The van der Waals surface area contributed by atoms with Gasteiger partial charge >= 0.3 is 5.97 Å². The van der Waals surface area contributed by atoms with Crippen molar-refractivity contribution in [3.05, 3.63) is 62.1 Å². The summed E-state index contributed by atoms with van der Waals surface area (Å²) in [6, 6.07) is 5.76. The van der Waals surface area contributed by atoms with Gasteiger partial charge in [0.25, 0.3) is 11.2 Å². The molecule has 1 aromatic carbocycles. The molecule has 0 bridgehead atoms. The van der Waals surface area contributed by atoms with E-state index in [1.54, 1.807) is 19.9 Å². The number of ether oxygens (including phenoxy) is 1. The van der Waals surface area contributed by atoms with Gasteiger partial charge in [-0.05, 0) is 37.1 Å². The van der Waals surface area contributed by atoms with Gasteiger partial charge in [-0.3, -0.25) is 24.3 Å². The van der Waals surface area contributed by atoms with Crippen LogP contribution in [0.5, 0.6) is 5.75 Å². The fourth-order valence-corrected chi connectivity index (χ4v) is 2.30. The zero-order valence-corrected chi connectivity index (χ0v) is 12.3. The zero-order chi connectivity index (χ0) is 16.4. The Morgan fingerprint density at radius 2 is 1.86 bits per heavy atom. The van der Waals surface area contributed by atoms with Crippen molar-refractivity contribution in [1.29, 1.82) is 0 Å². The van der Waals surface area contributed by atoms with E-state index in [0.29, 0.717) is 16.8 Å². The zero-order valence-electron chi connectivity index (χ0n) is 12.3. The van der Waals surface area contributed by atoms with Crippen LogP contribution >= 0.6 is 0 Å². The Morgan fingerprint density at radius 1 is 1.27 bits per heavy atom. The Morgan fingerprint density at radius 3 is 2.36 bits per heavy atom. The first-order valence-electron chi connectivity index (χ1n) is 6.47. The molecule has 0 radical (unpaired) electrons. The molecule has 0 aliphatic carbocycles. The molecule has 0 aliphatic rings. The molecular weight excluding hydrogens is 288 g/mol. The minimum atomic E-state index is -0.591. The topological polar surface area (TPSA) is 91.4 Å². The second kappa shape index (κ2) is 5.80. The summed E-state index contributed by atoms with van der Waals surface area (Å²) in [5.41, 5.74) is 1.15. The van der Waals surface area contributed by atoms with Crippen molar-refractivity contribution in [3.63, 3.8) is 0 Å². The molecule has 0 saturated carbocycles. The molecule has 0 spiro atoms. The average Bonchev–Trinajstić information content (AvgIpc) is 2.41. The molecule has 0 unspecified atom stereocenters. The fraction of sp³-hybridized carbons (Fsp3) is 0.200. The minimum absolute atomic E-state index is 0.0389. The van der Waals surface area contributed by atoms with Gasteiger partial charge in [0.15, 0.2) is 5.75 Å². The van der Waals surface area contributed by atoms with Crippen molar-refractivity contribution in [2.45, 2.75) is 20.8 Å². The van der Waals surface area contributed by atoms with Crippen molar-refractivity contribution in [2.75, 3.05) is 0 Å². The number of pyridine rings is 1. The third-order valence-corrected chi connectivity index (χ3v) is 3.09. The smallest absolute Gasteiger partial charge is 0.308 e. The highest BCUT2D eigenvalue weighted by atomic mass is 16.6. The van der Waals surface area contributed by atoms with E-state index in [1.807, 2.05) is 0 Å². The van der Waals surface area contributed by atoms with Crippen molar-refractivity contribution in [2.24, 2.45) is 0 Å². The molecule has 1 aromatic heterocycles. The number of benzene rings is 1. The SMILES string of the molecule is CC(=O)Oc1cccn(-c2c(C)cc([N+](=O)[O-])cc2C)c1=O. The third kappa shape index (κ3) is 2.88. The molecule has 114 valence electrons. The monoisotopic (exact) mass is 302 g/mol. The number of nitro groups is 1. The molecule has 22 heavy (non-hydrogen) atoms. The summed E-state index contributed by atoms with van der Waals surface area (Å²) < 4.78 is 6.18. The summed E-state index contributed by atoms with van der Waals surface area (Å²) in [5.74, 6) is -0.681. The number of nitro benzene ring substituents is 1. The van der Waals surface area contributed by atoms with Crippen LogP contribution < -0.4 is 10.3 Å². The maximum atomic E-state index is 12.4. The van der Waals surface area contributed by atoms with Crippen molar-refractivity contribution >= 4 is 11.7 Å². The molecule has 7 nitrogen and oxygen atoms in total. The van der Waals surface area contributed by atoms with E-state index >= 15 is 0 Å². The molecule has 0 atom stereocenters. The highest BCUT2D eigenvalue weighted by molar-refractivity contribution is 5.69. The van der Waals surface area contributed by atoms with Crippen molar-refractivity contribution in [3.8, 4) is 11.4 Å². The summed E-state index contributed by atoms with van der Waals surface area (Å²) in [5, 5.41) is 10.9. The van der Waals surface area contributed by atoms with E-state index in [9.17, 15) is 19.7 Å². The van der Waals surface area contributed by atoms with Crippen molar-refractivity contribution in [1.82, 2.24) is 4.57 Å². The Hall–Kier alpha value is -2.96. The first kappa shape index (κ1) is 15.4. The van der Waals surface area contributed by atoms with Crippen LogP contribution in [-0.2, 0) is 4.79 Å². The van der Waals surface area contributed by atoms with Crippen LogP contribution in [0.4, 0.5) is 5.69 Å². The molecule has 2 rings (SSSR count). The van der Waals surface area contributed by atoms with E-state index in [4.69, 9.17) is 4.74 Å². The Labute approximate surface area is 125 Å². The summed E-state index contributed by atoms with van der Waals surface area (Å²) in [4.78, 5) is 33.8. The molecule has 1 heterocycles. The number of hydrogen-bond acceptors (Lipinski definition) is 5. The Kier molecular flexibility index (Phi) is 4.07. The lowest BCUT2D eigenvalue weighted by Gasteiger charge is -2.13. The lowest BCUT2D eigenvalue weighted by atomic mass is 10.1. The lowest BCUT2D eigenvalue weighted by molar-refractivity contribution is -0.384. The van der Waals surface area contributed by atoms with Crippen LogP contribution in [-0.4, -0.2) is 15.5 Å². The normalized spacial score (nSPS) is 10.3. The molecule has 0 aliphatic heterocycles. The Balaban J connectivity index is 2.65. The average molecular weight is 302 g/mol. The number of carbonyl (C=O) groups excluding carboxylic acids is 1. The van der Waals surface area contributed by atoms with E-state index in [2.05, 4.69) is 0 Å². The van der Waals surface area contributed by atoms with Gasteiger partial charge in [0.2, 0.25) is 0 Å². The van der Waals surface area contributed by atoms with Gasteiger partial charge in [-0.2, -0.15) is 0 Å². The third-order valence-electron chi connectivity index (χ3n) is 3.09. The first-order chi connectivity index (χ1) is 10.3. The second-order valence-electron chi connectivity index (χ2n) is 4.83. The molecular formula is C15H14N2O5.